The Morgan fingerprint density at radius 1 is 1.00 bits per heavy atom. The number of amides is 1. The molecule has 0 spiro atoms. The molecule has 7 heteroatoms. The molecule has 0 aromatic heterocycles. The van der Waals surface area contributed by atoms with Gasteiger partial charge in [-0.05, 0) is 60.6 Å². The minimum absolute atomic E-state index is 0.222. The van der Waals surface area contributed by atoms with Crippen LogP contribution in [0.2, 0.25) is 0 Å². The molecule has 0 heterocycles. The molecule has 0 radical (unpaired) electrons. The lowest BCUT2D eigenvalue weighted by Crippen LogP contribution is -2.27. The van der Waals surface area contributed by atoms with Gasteiger partial charge in [-0.2, -0.15) is 0 Å². The number of rotatable bonds is 11. The lowest BCUT2D eigenvalue weighted by atomic mass is 9.95. The summed E-state index contributed by atoms with van der Waals surface area (Å²) in [6.45, 7) is 1.85. The van der Waals surface area contributed by atoms with Gasteiger partial charge in [-0.25, -0.2) is 0 Å². The van der Waals surface area contributed by atoms with Crippen molar-refractivity contribution in [1.29, 1.82) is 0 Å². The van der Waals surface area contributed by atoms with Gasteiger partial charge >= 0.3 is 5.97 Å². The van der Waals surface area contributed by atoms with E-state index in [-0.39, 0.29) is 19.1 Å². The molecule has 1 amide bonds. The quantitative estimate of drug-likeness (QED) is 0.299. The third-order valence-corrected chi connectivity index (χ3v) is 6.46. The van der Waals surface area contributed by atoms with Gasteiger partial charge in [0.05, 0.1) is 18.2 Å². The Balaban J connectivity index is 1.32. The molecule has 0 unspecified atom stereocenters. The zero-order valence-electron chi connectivity index (χ0n) is 20.5. The highest BCUT2D eigenvalue weighted by atomic mass is 16.6. The maximum absolute atomic E-state index is 12.4. The van der Waals surface area contributed by atoms with Crippen molar-refractivity contribution in [3.05, 3.63) is 89.5 Å². The molecule has 36 heavy (non-hydrogen) atoms. The van der Waals surface area contributed by atoms with Gasteiger partial charge in [-0.1, -0.05) is 65.8 Å². The van der Waals surface area contributed by atoms with Crippen molar-refractivity contribution in [3.63, 3.8) is 0 Å². The normalized spacial score (nSPS) is 14.1. The van der Waals surface area contributed by atoms with Crippen LogP contribution in [0.25, 0.3) is 11.1 Å². The molecule has 1 aliphatic carbocycles. The number of hydrogen-bond acceptors (Lipinski definition) is 5. The number of hydrogen-bond donors (Lipinski definition) is 2. The molecule has 1 aliphatic rings. The van der Waals surface area contributed by atoms with Crippen molar-refractivity contribution >= 4 is 17.6 Å². The average Bonchev–Trinajstić information content (AvgIpc) is 3.69. The molecule has 0 bridgehead atoms. The van der Waals surface area contributed by atoms with E-state index in [9.17, 15) is 14.7 Å². The van der Waals surface area contributed by atoms with Crippen molar-refractivity contribution < 1.29 is 24.3 Å². The fraction of sp³-hybridized carbons (Fsp3) is 0.276. The highest BCUT2D eigenvalue weighted by Crippen LogP contribution is 2.48. The van der Waals surface area contributed by atoms with Crippen molar-refractivity contribution in [3.8, 4) is 16.9 Å². The monoisotopic (exact) mass is 486 g/mol. The van der Waals surface area contributed by atoms with Gasteiger partial charge in [0.25, 0.3) is 5.91 Å². The molecular weight excluding hydrogens is 456 g/mol. The van der Waals surface area contributed by atoms with E-state index in [1.165, 1.54) is 0 Å². The van der Waals surface area contributed by atoms with E-state index in [4.69, 9.17) is 9.57 Å². The molecular formula is C29H30N2O5. The Morgan fingerprint density at radius 3 is 2.44 bits per heavy atom. The average molecular weight is 487 g/mol. The molecule has 3 aromatic carbocycles. The fourth-order valence-electron chi connectivity index (χ4n) is 4.13. The first kappa shape index (κ1) is 25.0. The largest absolute Gasteiger partial charge is 0.496 e. The predicted octanol–water partition coefficient (Wildman–Crippen LogP) is 4.83. The smallest absolute Gasteiger partial charge is 0.309 e. The molecule has 0 saturated heterocycles. The van der Waals surface area contributed by atoms with Gasteiger partial charge in [0, 0.05) is 12.1 Å². The molecule has 0 aliphatic heterocycles. The summed E-state index contributed by atoms with van der Waals surface area (Å²) in [6, 6.07) is 23.6. The number of carbonyl (C=O) groups excluding carboxylic acids is 1. The van der Waals surface area contributed by atoms with Gasteiger partial charge in [0.2, 0.25) is 0 Å². The lowest BCUT2D eigenvalue weighted by molar-refractivity contribution is -0.143. The second kappa shape index (κ2) is 11.1. The van der Waals surface area contributed by atoms with Crippen LogP contribution >= 0.6 is 0 Å². The van der Waals surface area contributed by atoms with E-state index >= 15 is 0 Å². The molecule has 0 atom stereocenters. The number of carbonyl (C=O) groups is 2. The van der Waals surface area contributed by atoms with Gasteiger partial charge in [0.1, 0.15) is 5.75 Å². The topological polar surface area (TPSA) is 97.2 Å². The molecule has 1 saturated carbocycles. The van der Waals surface area contributed by atoms with Crippen LogP contribution in [0.4, 0.5) is 0 Å². The highest BCUT2D eigenvalue weighted by molar-refractivity contribution is 5.99. The zero-order chi connectivity index (χ0) is 25.5. The summed E-state index contributed by atoms with van der Waals surface area (Å²) in [5, 5.41) is 16.4. The first-order chi connectivity index (χ1) is 17.4. The summed E-state index contributed by atoms with van der Waals surface area (Å²) in [7, 11) is 1.56. The second-order valence-corrected chi connectivity index (χ2v) is 9.08. The van der Waals surface area contributed by atoms with Crippen LogP contribution < -0.4 is 10.1 Å². The Kier molecular flexibility index (Phi) is 7.68. The molecule has 4 rings (SSSR count). The standard InChI is InChI=1S/C29H30N2O5/c1-20(23-9-6-10-24(16-23)22-7-4-3-5-8-22)31-36-19-27(32)30-18-25-15-21(11-12-26(25)35-2)17-29(13-14-29)28(33)34/h3-12,15-16H,13-14,17-19H2,1-2H3,(H,30,32)(H,33,34)/b31-20+. The van der Waals surface area contributed by atoms with E-state index in [1.54, 1.807) is 7.11 Å². The number of benzene rings is 3. The molecule has 3 aromatic rings. The first-order valence-electron chi connectivity index (χ1n) is 11.9. The van der Waals surface area contributed by atoms with Crippen LogP contribution in [0.1, 0.15) is 36.5 Å². The first-order valence-corrected chi connectivity index (χ1v) is 11.9. The van der Waals surface area contributed by atoms with Crippen molar-refractivity contribution in [2.45, 2.75) is 32.7 Å². The summed E-state index contributed by atoms with van der Waals surface area (Å²) in [5.41, 5.74) is 4.81. The number of aliphatic carboxylic acids is 1. The van der Waals surface area contributed by atoms with Crippen LogP contribution in [-0.2, 0) is 27.4 Å². The number of nitrogens with one attached hydrogen (secondary N) is 1. The van der Waals surface area contributed by atoms with Crippen LogP contribution in [0, 0.1) is 5.41 Å². The van der Waals surface area contributed by atoms with Crippen LogP contribution in [0.5, 0.6) is 5.75 Å². The van der Waals surface area contributed by atoms with E-state index in [2.05, 4.69) is 10.5 Å². The Labute approximate surface area is 210 Å². The number of carboxylic acids is 1. The van der Waals surface area contributed by atoms with Crippen LogP contribution in [0.3, 0.4) is 0 Å². The molecule has 1 fully saturated rings. The summed E-state index contributed by atoms with van der Waals surface area (Å²) in [6.07, 6.45) is 1.85. The van der Waals surface area contributed by atoms with E-state index in [0.29, 0.717) is 30.7 Å². The molecule has 186 valence electrons. The molecule has 2 N–H and O–H groups in total. The van der Waals surface area contributed by atoms with Gasteiger partial charge in [0.15, 0.2) is 6.61 Å². The number of nitrogens with zero attached hydrogens (tertiary/aromatic N) is 1. The number of oxime groups is 1. The van der Waals surface area contributed by atoms with Crippen LogP contribution in [-0.4, -0.2) is 36.4 Å². The van der Waals surface area contributed by atoms with Crippen LogP contribution in [0.15, 0.2) is 78.0 Å². The third-order valence-electron chi connectivity index (χ3n) is 6.46. The van der Waals surface area contributed by atoms with E-state index in [0.717, 1.165) is 27.8 Å². The summed E-state index contributed by atoms with van der Waals surface area (Å²) < 4.78 is 5.41. The van der Waals surface area contributed by atoms with Crippen molar-refractivity contribution in [1.82, 2.24) is 5.32 Å². The van der Waals surface area contributed by atoms with Gasteiger partial charge in [-0.15, -0.1) is 0 Å². The SMILES string of the molecule is COc1ccc(CC2(C(=O)O)CC2)cc1CNC(=O)CO/N=C(\C)c1cccc(-c2ccccc2)c1. The number of methoxy groups -OCH3 is 1. The summed E-state index contributed by atoms with van der Waals surface area (Å²) >= 11 is 0. The Morgan fingerprint density at radius 2 is 1.75 bits per heavy atom. The van der Waals surface area contributed by atoms with Crippen molar-refractivity contribution in [2.24, 2.45) is 10.6 Å². The molecule has 7 nitrogen and oxygen atoms in total. The van der Waals surface area contributed by atoms with Gasteiger partial charge < -0.3 is 20.0 Å². The zero-order valence-corrected chi connectivity index (χ0v) is 20.5. The summed E-state index contributed by atoms with van der Waals surface area (Å²) in [5.74, 6) is -0.443. The number of carboxylic acid groups (broad SMARTS) is 1. The van der Waals surface area contributed by atoms with Crippen molar-refractivity contribution in [2.75, 3.05) is 13.7 Å². The minimum Gasteiger partial charge on any atom is -0.496 e. The van der Waals surface area contributed by atoms with E-state index in [1.807, 2.05) is 79.7 Å². The Bertz CT molecular complexity index is 1270. The lowest BCUT2D eigenvalue weighted by Gasteiger charge is -2.14. The maximum atomic E-state index is 12.4. The Hall–Kier alpha value is -4.13. The third kappa shape index (κ3) is 6.10. The summed E-state index contributed by atoms with van der Waals surface area (Å²) in [4.78, 5) is 29.2. The second-order valence-electron chi connectivity index (χ2n) is 9.08. The van der Waals surface area contributed by atoms with Gasteiger partial charge in [-0.3, -0.25) is 9.59 Å². The fourth-order valence-corrected chi connectivity index (χ4v) is 4.13. The van der Waals surface area contributed by atoms with E-state index < -0.39 is 11.4 Å². The highest BCUT2D eigenvalue weighted by Gasteiger charge is 2.49. The number of ether oxygens (including phenoxy) is 1. The minimum atomic E-state index is -0.757. The maximum Gasteiger partial charge on any atom is 0.309 e. The predicted molar refractivity (Wildman–Crippen MR) is 138 cm³/mol.